The number of imidazole rings is 1. The third kappa shape index (κ3) is 2.64. The third-order valence-corrected chi connectivity index (χ3v) is 4.25. The lowest BCUT2D eigenvalue weighted by molar-refractivity contribution is 1.32. The molecule has 0 atom stereocenters. The second-order valence-electron chi connectivity index (χ2n) is 4.36. The molecule has 1 heterocycles. The molecule has 0 spiro atoms. The van der Waals surface area contributed by atoms with E-state index in [4.69, 9.17) is 0 Å². The SMILES string of the molecule is Cc1cc(Br)cc2[nH]c(-c3cc(Br)cc(Br)c3)nc12. The molecule has 0 aliphatic heterocycles. The summed E-state index contributed by atoms with van der Waals surface area (Å²) in [7, 11) is 0. The number of nitrogens with one attached hydrogen (secondary N) is 1. The van der Waals surface area contributed by atoms with Crippen molar-refractivity contribution >= 4 is 58.8 Å². The Hall–Kier alpha value is -0.650. The zero-order chi connectivity index (χ0) is 13.6. The lowest BCUT2D eigenvalue weighted by Crippen LogP contribution is -1.81. The maximum atomic E-state index is 4.69. The van der Waals surface area contributed by atoms with Crippen LogP contribution in [0.25, 0.3) is 22.4 Å². The van der Waals surface area contributed by atoms with Crippen molar-refractivity contribution in [2.75, 3.05) is 0 Å². The first-order valence-electron chi connectivity index (χ1n) is 5.65. The number of fused-ring (bicyclic) bond motifs is 1. The predicted molar refractivity (Wildman–Crippen MR) is 89.4 cm³/mol. The van der Waals surface area contributed by atoms with Crippen molar-refractivity contribution in [2.45, 2.75) is 6.92 Å². The smallest absolute Gasteiger partial charge is 0.138 e. The van der Waals surface area contributed by atoms with Crippen molar-refractivity contribution in [1.29, 1.82) is 0 Å². The Morgan fingerprint density at radius 1 is 0.895 bits per heavy atom. The molecule has 2 nitrogen and oxygen atoms in total. The summed E-state index contributed by atoms with van der Waals surface area (Å²) in [5.41, 5.74) is 4.25. The van der Waals surface area contributed by atoms with Crippen LogP contribution in [0.2, 0.25) is 0 Å². The van der Waals surface area contributed by atoms with E-state index in [0.717, 1.165) is 41.4 Å². The molecule has 0 fully saturated rings. The Morgan fingerprint density at radius 2 is 1.53 bits per heavy atom. The molecule has 2 aromatic carbocycles. The van der Waals surface area contributed by atoms with Gasteiger partial charge in [-0.2, -0.15) is 0 Å². The molecule has 5 heteroatoms. The molecule has 3 rings (SSSR count). The molecule has 0 aliphatic carbocycles. The van der Waals surface area contributed by atoms with E-state index in [1.54, 1.807) is 0 Å². The lowest BCUT2D eigenvalue weighted by Gasteiger charge is -1.99. The first-order chi connectivity index (χ1) is 9.02. The molecule has 96 valence electrons. The minimum Gasteiger partial charge on any atom is -0.338 e. The van der Waals surface area contributed by atoms with Gasteiger partial charge in [0, 0.05) is 19.0 Å². The summed E-state index contributed by atoms with van der Waals surface area (Å²) in [5, 5.41) is 0. The number of H-pyrrole nitrogens is 1. The standard InChI is InChI=1S/C14H9Br3N2/c1-7-2-9(15)6-12-13(7)19-14(18-12)8-3-10(16)5-11(17)4-8/h2-6H,1H3,(H,18,19). The van der Waals surface area contributed by atoms with Gasteiger partial charge in [-0.1, -0.05) is 47.8 Å². The van der Waals surface area contributed by atoms with E-state index < -0.39 is 0 Å². The zero-order valence-corrected chi connectivity index (χ0v) is 14.7. The van der Waals surface area contributed by atoms with Gasteiger partial charge in [0.15, 0.2) is 0 Å². The summed E-state index contributed by atoms with van der Waals surface area (Å²) in [6, 6.07) is 10.2. The first kappa shape index (κ1) is 13.3. The Balaban J connectivity index is 2.23. The fraction of sp³-hybridized carbons (Fsp3) is 0.0714. The Morgan fingerprint density at radius 3 is 2.21 bits per heavy atom. The van der Waals surface area contributed by atoms with Crippen molar-refractivity contribution in [3.63, 3.8) is 0 Å². The topological polar surface area (TPSA) is 28.7 Å². The highest BCUT2D eigenvalue weighted by Crippen LogP contribution is 2.29. The minimum absolute atomic E-state index is 0.873. The highest BCUT2D eigenvalue weighted by Gasteiger charge is 2.09. The summed E-state index contributed by atoms with van der Waals surface area (Å²) in [6.45, 7) is 2.06. The molecule has 0 radical (unpaired) electrons. The Kier molecular flexibility index (Phi) is 3.53. The summed E-state index contributed by atoms with van der Waals surface area (Å²) < 4.78 is 3.11. The maximum Gasteiger partial charge on any atom is 0.138 e. The van der Waals surface area contributed by atoms with Gasteiger partial charge in [0.2, 0.25) is 0 Å². The monoisotopic (exact) mass is 442 g/mol. The molecule has 0 aliphatic rings. The van der Waals surface area contributed by atoms with Gasteiger partial charge in [0.25, 0.3) is 0 Å². The van der Waals surface area contributed by atoms with Gasteiger partial charge in [-0.15, -0.1) is 0 Å². The molecule has 0 bridgehead atoms. The minimum atomic E-state index is 0.873. The number of hydrogen-bond donors (Lipinski definition) is 1. The van der Waals surface area contributed by atoms with E-state index in [0.29, 0.717) is 0 Å². The van der Waals surface area contributed by atoms with Gasteiger partial charge < -0.3 is 4.98 Å². The fourth-order valence-electron chi connectivity index (χ4n) is 2.07. The van der Waals surface area contributed by atoms with E-state index in [1.807, 2.05) is 24.3 Å². The van der Waals surface area contributed by atoms with Gasteiger partial charge in [0.1, 0.15) is 5.82 Å². The maximum absolute atomic E-state index is 4.69. The molecule has 0 saturated carbocycles. The highest BCUT2D eigenvalue weighted by atomic mass is 79.9. The van der Waals surface area contributed by atoms with E-state index in [9.17, 15) is 0 Å². The number of halogens is 3. The van der Waals surface area contributed by atoms with Gasteiger partial charge in [-0.25, -0.2) is 4.98 Å². The van der Waals surface area contributed by atoms with Gasteiger partial charge in [-0.05, 0) is 42.8 Å². The van der Waals surface area contributed by atoms with Gasteiger partial charge >= 0.3 is 0 Å². The van der Waals surface area contributed by atoms with Crippen LogP contribution in [0.15, 0.2) is 43.7 Å². The lowest BCUT2D eigenvalue weighted by atomic mass is 10.2. The second kappa shape index (κ2) is 5.04. The third-order valence-electron chi connectivity index (χ3n) is 2.88. The fourth-order valence-corrected chi connectivity index (χ4v) is 3.94. The molecule has 19 heavy (non-hydrogen) atoms. The van der Waals surface area contributed by atoms with Crippen LogP contribution in [0.1, 0.15) is 5.56 Å². The van der Waals surface area contributed by atoms with Crippen molar-refractivity contribution in [2.24, 2.45) is 0 Å². The number of benzene rings is 2. The van der Waals surface area contributed by atoms with Gasteiger partial charge in [0.05, 0.1) is 11.0 Å². The molecule has 1 N–H and O–H groups in total. The molecule has 3 aromatic rings. The first-order valence-corrected chi connectivity index (χ1v) is 8.03. The Bertz CT molecular complexity index is 757. The number of aromatic amines is 1. The average Bonchev–Trinajstić information content (AvgIpc) is 2.71. The molecular formula is C14H9Br3N2. The number of aromatic nitrogens is 2. The quantitative estimate of drug-likeness (QED) is 0.503. The van der Waals surface area contributed by atoms with Crippen LogP contribution in [0, 0.1) is 6.92 Å². The van der Waals surface area contributed by atoms with E-state index in [-0.39, 0.29) is 0 Å². The molecular weight excluding hydrogens is 436 g/mol. The van der Waals surface area contributed by atoms with Crippen LogP contribution in [0.4, 0.5) is 0 Å². The van der Waals surface area contributed by atoms with E-state index in [1.165, 1.54) is 0 Å². The number of hydrogen-bond acceptors (Lipinski definition) is 1. The molecule has 1 aromatic heterocycles. The predicted octanol–water partition coefficient (Wildman–Crippen LogP) is 5.83. The number of nitrogens with zero attached hydrogens (tertiary/aromatic N) is 1. The van der Waals surface area contributed by atoms with Crippen molar-refractivity contribution < 1.29 is 0 Å². The molecule has 0 unspecified atom stereocenters. The van der Waals surface area contributed by atoms with Crippen LogP contribution < -0.4 is 0 Å². The summed E-state index contributed by atoms with van der Waals surface area (Å²) in [6.07, 6.45) is 0. The van der Waals surface area contributed by atoms with Crippen LogP contribution in [-0.4, -0.2) is 9.97 Å². The zero-order valence-electron chi connectivity index (χ0n) is 9.97. The van der Waals surface area contributed by atoms with Crippen LogP contribution in [0.5, 0.6) is 0 Å². The van der Waals surface area contributed by atoms with Crippen molar-refractivity contribution in [1.82, 2.24) is 9.97 Å². The number of rotatable bonds is 1. The van der Waals surface area contributed by atoms with E-state index >= 15 is 0 Å². The van der Waals surface area contributed by atoms with E-state index in [2.05, 4.69) is 70.7 Å². The normalized spacial score (nSPS) is 11.2. The number of aryl methyl sites for hydroxylation is 1. The Labute approximate surface area is 136 Å². The molecule has 0 saturated heterocycles. The van der Waals surface area contributed by atoms with Crippen molar-refractivity contribution in [3.05, 3.63) is 49.3 Å². The van der Waals surface area contributed by atoms with Crippen molar-refractivity contribution in [3.8, 4) is 11.4 Å². The summed E-state index contributed by atoms with van der Waals surface area (Å²) >= 11 is 10.5. The summed E-state index contributed by atoms with van der Waals surface area (Å²) in [4.78, 5) is 8.05. The highest BCUT2D eigenvalue weighted by molar-refractivity contribution is 9.11. The molecule has 0 amide bonds. The van der Waals surface area contributed by atoms with Crippen LogP contribution in [-0.2, 0) is 0 Å². The second-order valence-corrected chi connectivity index (χ2v) is 7.11. The van der Waals surface area contributed by atoms with Gasteiger partial charge in [-0.3, -0.25) is 0 Å². The summed E-state index contributed by atoms with van der Waals surface area (Å²) in [5.74, 6) is 0.873. The average molecular weight is 445 g/mol. The van der Waals surface area contributed by atoms with Crippen LogP contribution >= 0.6 is 47.8 Å². The van der Waals surface area contributed by atoms with Crippen LogP contribution in [0.3, 0.4) is 0 Å². The largest absolute Gasteiger partial charge is 0.338 e.